The summed E-state index contributed by atoms with van der Waals surface area (Å²) in [6.07, 6.45) is 1.41. The summed E-state index contributed by atoms with van der Waals surface area (Å²) in [5.74, 6) is -0.481. The molecule has 4 nitrogen and oxygen atoms in total. The molecule has 22 heavy (non-hydrogen) atoms. The van der Waals surface area contributed by atoms with E-state index in [0.29, 0.717) is 17.3 Å². The molecule has 0 saturated heterocycles. The van der Waals surface area contributed by atoms with Crippen molar-refractivity contribution in [3.63, 3.8) is 0 Å². The third kappa shape index (κ3) is 4.65. The van der Waals surface area contributed by atoms with Gasteiger partial charge in [-0.25, -0.2) is 0 Å². The summed E-state index contributed by atoms with van der Waals surface area (Å²) in [6, 6.07) is 18.3. The van der Waals surface area contributed by atoms with E-state index in [1.165, 1.54) is 6.20 Å². The number of nitriles is 1. The number of amides is 1. The molecule has 0 bridgehead atoms. The van der Waals surface area contributed by atoms with E-state index in [-0.39, 0.29) is 5.57 Å². The first-order valence-corrected chi connectivity index (χ1v) is 7.01. The van der Waals surface area contributed by atoms with Crippen LogP contribution >= 0.6 is 11.6 Å². The third-order valence-electron chi connectivity index (χ3n) is 2.84. The van der Waals surface area contributed by atoms with Crippen LogP contribution in [0.1, 0.15) is 5.56 Å². The fourth-order valence-corrected chi connectivity index (χ4v) is 1.97. The summed E-state index contributed by atoms with van der Waals surface area (Å²) in [7, 11) is 0. The smallest absolute Gasteiger partial charge is 0.267 e. The Labute approximate surface area is 134 Å². The van der Waals surface area contributed by atoms with Gasteiger partial charge in [0, 0.05) is 23.5 Å². The Bertz CT molecular complexity index is 720. The van der Waals surface area contributed by atoms with Crippen molar-refractivity contribution in [2.24, 2.45) is 0 Å². The van der Waals surface area contributed by atoms with Crippen molar-refractivity contribution in [1.29, 1.82) is 5.26 Å². The van der Waals surface area contributed by atoms with E-state index in [4.69, 9.17) is 16.9 Å². The summed E-state index contributed by atoms with van der Waals surface area (Å²) in [5.41, 5.74) is 1.60. The second kappa shape index (κ2) is 7.87. The number of carbonyl (C=O) groups is 1. The highest BCUT2D eigenvalue weighted by Gasteiger charge is 2.09. The number of benzene rings is 2. The molecule has 0 atom stereocenters. The van der Waals surface area contributed by atoms with Crippen molar-refractivity contribution in [3.8, 4) is 6.07 Å². The average Bonchev–Trinajstić information content (AvgIpc) is 2.52. The molecule has 2 aromatic rings. The number of carbonyl (C=O) groups excluding carboxylic acids is 1. The molecule has 2 rings (SSSR count). The first-order valence-electron chi connectivity index (χ1n) is 6.63. The topological polar surface area (TPSA) is 64.9 Å². The van der Waals surface area contributed by atoms with Crippen molar-refractivity contribution in [2.75, 3.05) is 5.32 Å². The summed E-state index contributed by atoms with van der Waals surface area (Å²) in [6.45, 7) is 0.538. The fourth-order valence-electron chi connectivity index (χ4n) is 1.78. The summed E-state index contributed by atoms with van der Waals surface area (Å²) < 4.78 is 0. The summed E-state index contributed by atoms with van der Waals surface area (Å²) in [5, 5.41) is 15.2. The minimum atomic E-state index is -0.481. The van der Waals surface area contributed by atoms with Crippen molar-refractivity contribution >= 4 is 23.2 Å². The predicted molar refractivity (Wildman–Crippen MR) is 87.1 cm³/mol. The van der Waals surface area contributed by atoms with Crippen LogP contribution in [-0.2, 0) is 11.3 Å². The number of anilines is 1. The van der Waals surface area contributed by atoms with Crippen LogP contribution < -0.4 is 10.6 Å². The molecule has 0 aromatic heterocycles. The molecule has 0 aliphatic rings. The molecular formula is C17H14ClN3O. The zero-order valence-corrected chi connectivity index (χ0v) is 12.5. The lowest BCUT2D eigenvalue weighted by atomic mass is 10.2. The molecule has 0 fully saturated rings. The number of rotatable bonds is 5. The van der Waals surface area contributed by atoms with Gasteiger partial charge in [-0.15, -0.1) is 0 Å². The van der Waals surface area contributed by atoms with Crippen molar-refractivity contribution in [1.82, 2.24) is 5.32 Å². The third-order valence-corrected chi connectivity index (χ3v) is 3.08. The second-order valence-corrected chi connectivity index (χ2v) is 4.94. The Balaban J connectivity index is 1.97. The molecule has 0 radical (unpaired) electrons. The summed E-state index contributed by atoms with van der Waals surface area (Å²) in [4.78, 5) is 12.0. The van der Waals surface area contributed by atoms with Gasteiger partial charge >= 0.3 is 0 Å². The Hall–Kier alpha value is -2.77. The monoisotopic (exact) mass is 311 g/mol. The quantitative estimate of drug-likeness (QED) is 0.656. The van der Waals surface area contributed by atoms with E-state index >= 15 is 0 Å². The molecule has 1 amide bonds. The first kappa shape index (κ1) is 15.6. The Morgan fingerprint density at radius 2 is 1.95 bits per heavy atom. The standard InChI is InChI=1S/C17H14ClN3O/c18-15-7-4-8-16(9-15)21-17(22)14(10-19)12-20-11-13-5-2-1-3-6-13/h1-9,12,20H,11H2,(H,21,22)/b14-12-. The fraction of sp³-hybridized carbons (Fsp3) is 0.0588. The molecule has 0 saturated carbocycles. The normalized spacial score (nSPS) is 10.6. The molecule has 0 spiro atoms. The van der Waals surface area contributed by atoms with Crippen molar-refractivity contribution in [3.05, 3.63) is 77.0 Å². The average molecular weight is 312 g/mol. The Kier molecular flexibility index (Phi) is 5.58. The van der Waals surface area contributed by atoms with Crippen LogP contribution in [0.5, 0.6) is 0 Å². The van der Waals surface area contributed by atoms with E-state index in [2.05, 4.69) is 10.6 Å². The molecule has 0 aliphatic carbocycles. The molecule has 0 aliphatic heterocycles. The highest BCUT2D eigenvalue weighted by atomic mass is 35.5. The molecule has 2 aromatic carbocycles. The van der Waals surface area contributed by atoms with Crippen LogP contribution in [0.15, 0.2) is 66.4 Å². The van der Waals surface area contributed by atoms with Gasteiger partial charge in [0.25, 0.3) is 5.91 Å². The van der Waals surface area contributed by atoms with Crippen LogP contribution in [0, 0.1) is 11.3 Å². The van der Waals surface area contributed by atoms with Gasteiger partial charge in [0.05, 0.1) is 0 Å². The van der Waals surface area contributed by atoms with Crippen molar-refractivity contribution in [2.45, 2.75) is 6.54 Å². The first-order chi connectivity index (χ1) is 10.7. The van der Waals surface area contributed by atoms with Gasteiger partial charge < -0.3 is 10.6 Å². The van der Waals surface area contributed by atoms with E-state index in [1.54, 1.807) is 24.3 Å². The molecule has 0 heterocycles. The highest BCUT2D eigenvalue weighted by molar-refractivity contribution is 6.31. The van der Waals surface area contributed by atoms with Gasteiger partial charge in [0.1, 0.15) is 11.6 Å². The van der Waals surface area contributed by atoms with Crippen LogP contribution in [0.2, 0.25) is 5.02 Å². The van der Waals surface area contributed by atoms with E-state index in [0.717, 1.165) is 5.56 Å². The second-order valence-electron chi connectivity index (χ2n) is 4.50. The van der Waals surface area contributed by atoms with E-state index in [9.17, 15) is 4.79 Å². The van der Waals surface area contributed by atoms with Gasteiger partial charge in [-0.05, 0) is 23.8 Å². The van der Waals surface area contributed by atoms with Gasteiger partial charge in [-0.2, -0.15) is 5.26 Å². The van der Waals surface area contributed by atoms with Gasteiger partial charge in [-0.1, -0.05) is 48.0 Å². The molecule has 0 unspecified atom stereocenters. The van der Waals surface area contributed by atoms with Gasteiger partial charge in [0.15, 0.2) is 0 Å². The Morgan fingerprint density at radius 3 is 2.64 bits per heavy atom. The van der Waals surface area contributed by atoms with Gasteiger partial charge in [0.2, 0.25) is 0 Å². The minimum Gasteiger partial charge on any atom is -0.386 e. The number of hydrogen-bond acceptors (Lipinski definition) is 3. The number of nitrogens with one attached hydrogen (secondary N) is 2. The SMILES string of the molecule is N#C/C(=C/NCc1ccccc1)C(=O)Nc1cccc(Cl)c1. The highest BCUT2D eigenvalue weighted by Crippen LogP contribution is 2.15. The summed E-state index contributed by atoms with van der Waals surface area (Å²) >= 11 is 5.85. The van der Waals surface area contributed by atoms with Crippen LogP contribution in [0.3, 0.4) is 0 Å². The number of halogens is 1. The Morgan fingerprint density at radius 1 is 1.18 bits per heavy atom. The molecule has 2 N–H and O–H groups in total. The van der Waals surface area contributed by atoms with Crippen LogP contribution in [0.25, 0.3) is 0 Å². The lowest BCUT2D eigenvalue weighted by Crippen LogP contribution is -2.16. The lowest BCUT2D eigenvalue weighted by Gasteiger charge is -2.05. The zero-order valence-electron chi connectivity index (χ0n) is 11.7. The maximum atomic E-state index is 12.0. The van der Waals surface area contributed by atoms with Crippen molar-refractivity contribution < 1.29 is 4.79 Å². The lowest BCUT2D eigenvalue weighted by molar-refractivity contribution is -0.112. The van der Waals surface area contributed by atoms with E-state index in [1.807, 2.05) is 36.4 Å². The van der Waals surface area contributed by atoms with Gasteiger partial charge in [-0.3, -0.25) is 4.79 Å². The predicted octanol–water partition coefficient (Wildman–Crippen LogP) is 3.48. The number of hydrogen-bond donors (Lipinski definition) is 2. The van der Waals surface area contributed by atoms with Crippen LogP contribution in [0.4, 0.5) is 5.69 Å². The minimum absolute atomic E-state index is 0.00379. The number of nitrogens with zero attached hydrogens (tertiary/aromatic N) is 1. The van der Waals surface area contributed by atoms with E-state index < -0.39 is 5.91 Å². The maximum Gasteiger partial charge on any atom is 0.267 e. The molecule has 5 heteroatoms. The molecule has 110 valence electrons. The largest absolute Gasteiger partial charge is 0.386 e. The molecular weight excluding hydrogens is 298 g/mol. The zero-order chi connectivity index (χ0) is 15.8. The maximum absolute atomic E-state index is 12.0. The van der Waals surface area contributed by atoms with Crippen LogP contribution in [-0.4, -0.2) is 5.91 Å².